The summed E-state index contributed by atoms with van der Waals surface area (Å²) in [5.41, 5.74) is 7.23. The Morgan fingerprint density at radius 2 is 2.00 bits per heavy atom. The molecule has 1 aromatic carbocycles. The number of amides is 1. The van der Waals surface area contributed by atoms with E-state index in [9.17, 15) is 9.59 Å². The number of hydrogen-bond acceptors (Lipinski definition) is 5. The molecular weight excluding hydrogens is 374 g/mol. The maximum atomic E-state index is 12.4. The van der Waals surface area contributed by atoms with Gasteiger partial charge in [-0.15, -0.1) is 0 Å². The van der Waals surface area contributed by atoms with E-state index in [1.165, 1.54) is 0 Å². The quantitative estimate of drug-likeness (QED) is 0.693. The molecule has 0 spiro atoms. The van der Waals surface area contributed by atoms with Crippen molar-refractivity contribution < 1.29 is 19.1 Å². The molecule has 0 aliphatic heterocycles. The molecule has 2 rings (SSSR count). The minimum absolute atomic E-state index is 0.0707. The fourth-order valence-corrected chi connectivity index (χ4v) is 3.79. The number of primary amides is 1. The topological polar surface area (TPSA) is 78.6 Å². The monoisotopic (exact) mass is 403 g/mol. The third kappa shape index (κ3) is 5.89. The Kier molecular flexibility index (Phi) is 8.18. The molecule has 0 fully saturated rings. The van der Waals surface area contributed by atoms with Crippen LogP contribution in [0.4, 0.5) is 0 Å². The molecule has 6 heteroatoms. The minimum Gasteiger partial charge on any atom is -0.497 e. The zero-order valence-corrected chi connectivity index (χ0v) is 17.6. The van der Waals surface area contributed by atoms with Gasteiger partial charge < -0.3 is 15.2 Å². The Bertz CT molecular complexity index is 772. The smallest absolute Gasteiger partial charge is 0.220 e. The number of ether oxygens (including phenoxy) is 2. The highest BCUT2D eigenvalue weighted by atomic mass is 32.1. The zero-order chi connectivity index (χ0) is 20.7. The summed E-state index contributed by atoms with van der Waals surface area (Å²) >= 11 is 5.61. The highest BCUT2D eigenvalue weighted by Crippen LogP contribution is 2.35. The number of nitrogens with two attached hydrogens (primary N) is 1. The number of hydrogen-bond donors (Lipinski definition) is 1. The van der Waals surface area contributed by atoms with Crippen LogP contribution in [0, 0.1) is 11.8 Å². The number of allylic oxidation sites excluding steroid dienone is 2. The predicted octanol–water partition coefficient (Wildman–Crippen LogP) is 4.12. The average Bonchev–Trinajstić information content (AvgIpc) is 2.75. The van der Waals surface area contributed by atoms with E-state index in [2.05, 4.69) is 0 Å². The molecule has 2 N–H and O–H groups in total. The van der Waals surface area contributed by atoms with E-state index in [0.29, 0.717) is 37.2 Å². The van der Waals surface area contributed by atoms with Crippen LogP contribution in [0.2, 0.25) is 0 Å². The van der Waals surface area contributed by atoms with Gasteiger partial charge in [-0.3, -0.25) is 9.59 Å². The van der Waals surface area contributed by atoms with Crippen molar-refractivity contribution in [3.63, 3.8) is 0 Å². The van der Waals surface area contributed by atoms with E-state index in [-0.39, 0.29) is 23.5 Å². The van der Waals surface area contributed by atoms with Crippen molar-refractivity contribution >= 4 is 34.3 Å². The van der Waals surface area contributed by atoms with Crippen LogP contribution in [0.5, 0.6) is 11.5 Å². The molecule has 0 saturated heterocycles. The van der Waals surface area contributed by atoms with Gasteiger partial charge in [0.2, 0.25) is 5.91 Å². The minimum atomic E-state index is -0.285. The SMILES string of the molecule is COc1ccc(C2=CC(=O)CCC(=S)C(CCC(C)C(N)=O)CC2)c(OC)c1. The van der Waals surface area contributed by atoms with Gasteiger partial charge in [-0.2, -0.15) is 0 Å². The maximum Gasteiger partial charge on any atom is 0.220 e. The summed E-state index contributed by atoms with van der Waals surface area (Å²) in [6.45, 7) is 1.84. The second-order valence-electron chi connectivity index (χ2n) is 7.28. The molecule has 28 heavy (non-hydrogen) atoms. The fourth-order valence-electron chi connectivity index (χ4n) is 3.45. The molecule has 0 radical (unpaired) electrons. The molecule has 0 saturated carbocycles. The van der Waals surface area contributed by atoms with Gasteiger partial charge in [0.15, 0.2) is 5.78 Å². The van der Waals surface area contributed by atoms with Crippen molar-refractivity contribution in [3.8, 4) is 11.5 Å². The maximum absolute atomic E-state index is 12.4. The number of ketones is 1. The lowest BCUT2D eigenvalue weighted by Gasteiger charge is -2.20. The first-order valence-electron chi connectivity index (χ1n) is 9.63. The molecule has 1 aliphatic carbocycles. The lowest BCUT2D eigenvalue weighted by Crippen LogP contribution is -2.22. The van der Waals surface area contributed by atoms with Gasteiger partial charge in [-0.1, -0.05) is 19.1 Å². The summed E-state index contributed by atoms with van der Waals surface area (Å²) < 4.78 is 10.8. The van der Waals surface area contributed by atoms with Crippen molar-refractivity contribution in [3.05, 3.63) is 29.8 Å². The van der Waals surface area contributed by atoms with E-state index in [1.807, 2.05) is 25.1 Å². The van der Waals surface area contributed by atoms with E-state index < -0.39 is 0 Å². The van der Waals surface area contributed by atoms with Crippen LogP contribution < -0.4 is 15.2 Å². The Labute approximate surface area is 172 Å². The number of rotatable bonds is 7. The molecule has 152 valence electrons. The largest absolute Gasteiger partial charge is 0.497 e. The predicted molar refractivity (Wildman–Crippen MR) is 115 cm³/mol. The molecule has 0 heterocycles. The zero-order valence-electron chi connectivity index (χ0n) is 16.8. The number of carbonyl (C=O) groups excluding carboxylic acids is 2. The van der Waals surface area contributed by atoms with Crippen molar-refractivity contribution in [2.45, 2.75) is 45.4 Å². The van der Waals surface area contributed by atoms with Crippen LogP contribution in [-0.2, 0) is 9.59 Å². The van der Waals surface area contributed by atoms with Crippen molar-refractivity contribution in [2.75, 3.05) is 14.2 Å². The van der Waals surface area contributed by atoms with Gasteiger partial charge in [0.1, 0.15) is 11.5 Å². The van der Waals surface area contributed by atoms with Gasteiger partial charge >= 0.3 is 0 Å². The first kappa shape index (κ1) is 22.1. The van der Waals surface area contributed by atoms with Crippen LogP contribution in [0.1, 0.15) is 51.0 Å². The van der Waals surface area contributed by atoms with E-state index >= 15 is 0 Å². The average molecular weight is 404 g/mol. The van der Waals surface area contributed by atoms with Gasteiger partial charge in [-0.05, 0) is 66.7 Å². The van der Waals surface area contributed by atoms with Crippen LogP contribution in [0.15, 0.2) is 24.3 Å². The summed E-state index contributed by atoms with van der Waals surface area (Å²) in [6, 6.07) is 5.62. The summed E-state index contributed by atoms with van der Waals surface area (Å²) in [7, 11) is 3.22. The van der Waals surface area contributed by atoms with Crippen LogP contribution in [0.3, 0.4) is 0 Å². The molecule has 5 nitrogen and oxygen atoms in total. The highest BCUT2D eigenvalue weighted by Gasteiger charge is 2.22. The van der Waals surface area contributed by atoms with Crippen LogP contribution >= 0.6 is 12.2 Å². The first-order chi connectivity index (χ1) is 13.3. The number of benzene rings is 1. The van der Waals surface area contributed by atoms with Gasteiger partial charge in [-0.25, -0.2) is 0 Å². The third-order valence-electron chi connectivity index (χ3n) is 5.36. The van der Waals surface area contributed by atoms with Crippen LogP contribution in [0.25, 0.3) is 5.57 Å². The van der Waals surface area contributed by atoms with Gasteiger partial charge in [0.25, 0.3) is 0 Å². The van der Waals surface area contributed by atoms with Crippen LogP contribution in [-0.4, -0.2) is 30.8 Å². The van der Waals surface area contributed by atoms with Gasteiger partial charge in [0.05, 0.1) is 14.2 Å². The van der Waals surface area contributed by atoms with Crippen molar-refractivity contribution in [2.24, 2.45) is 17.6 Å². The summed E-state index contributed by atoms with van der Waals surface area (Å²) in [6.07, 6.45) is 5.79. The van der Waals surface area contributed by atoms with E-state index in [1.54, 1.807) is 20.3 Å². The lowest BCUT2D eigenvalue weighted by molar-refractivity contribution is -0.121. The Morgan fingerprint density at radius 1 is 1.25 bits per heavy atom. The molecule has 0 aromatic heterocycles. The Hall–Kier alpha value is -2.21. The van der Waals surface area contributed by atoms with E-state index in [0.717, 1.165) is 28.8 Å². The molecule has 1 amide bonds. The Balaban J connectivity index is 2.24. The normalized spacial score (nSPS) is 19.1. The van der Waals surface area contributed by atoms with Gasteiger partial charge in [0, 0.05) is 24.0 Å². The molecule has 2 atom stereocenters. The molecule has 0 bridgehead atoms. The Morgan fingerprint density at radius 3 is 2.64 bits per heavy atom. The summed E-state index contributed by atoms with van der Waals surface area (Å²) in [5, 5.41) is 0. The highest BCUT2D eigenvalue weighted by molar-refractivity contribution is 7.80. The molecule has 2 unspecified atom stereocenters. The van der Waals surface area contributed by atoms with Crippen molar-refractivity contribution in [1.29, 1.82) is 0 Å². The molecule has 1 aromatic rings. The fraction of sp³-hybridized carbons (Fsp3) is 0.500. The number of methoxy groups -OCH3 is 2. The summed E-state index contributed by atoms with van der Waals surface area (Å²) in [5.74, 6) is 1.19. The summed E-state index contributed by atoms with van der Waals surface area (Å²) in [4.78, 5) is 24.7. The second-order valence-corrected chi connectivity index (χ2v) is 7.81. The van der Waals surface area contributed by atoms with Crippen molar-refractivity contribution in [1.82, 2.24) is 0 Å². The second kappa shape index (κ2) is 10.4. The molecule has 1 aliphatic rings. The number of carbonyl (C=O) groups is 2. The molecular formula is C22H29NO4S. The standard InChI is InChI=1S/C22H29NO4S/c1-14(22(23)25)4-5-15-6-7-16(12-17(24)8-11-21(15)28)19-10-9-18(26-2)13-20(19)27-3/h9-10,12-15H,4-8,11H2,1-3H3,(H2,23,25). The number of thiocarbonyl (C=S) groups is 1. The first-order valence-corrected chi connectivity index (χ1v) is 10.0. The third-order valence-corrected chi connectivity index (χ3v) is 5.90. The lowest BCUT2D eigenvalue weighted by atomic mass is 9.87. The van der Waals surface area contributed by atoms with E-state index in [4.69, 9.17) is 27.4 Å².